The van der Waals surface area contributed by atoms with E-state index in [1.165, 1.54) is 24.6 Å². The van der Waals surface area contributed by atoms with Crippen LogP contribution in [0.4, 0.5) is 10.5 Å². The summed E-state index contributed by atoms with van der Waals surface area (Å²) in [5.74, 6) is 0.813. The van der Waals surface area contributed by atoms with E-state index in [-0.39, 0.29) is 11.9 Å². The molecule has 1 saturated heterocycles. The molecule has 1 aromatic rings. The molecule has 0 aliphatic carbocycles. The summed E-state index contributed by atoms with van der Waals surface area (Å²) in [6.45, 7) is 2.94. The zero-order valence-electron chi connectivity index (χ0n) is 15.0. The largest absolute Gasteiger partial charge is 0.370 e. The van der Waals surface area contributed by atoms with E-state index in [0.29, 0.717) is 18.1 Å². The van der Waals surface area contributed by atoms with Gasteiger partial charge in [0.25, 0.3) is 0 Å². The number of nitrogens with one attached hydrogen (secondary N) is 1. The molecule has 2 rings (SSSR count). The predicted octanol–water partition coefficient (Wildman–Crippen LogP) is 2.46. The standard InChI is InChI=1S/C18H28N4O2S/c1-21-10-5-6-14(12-21)13-22(2)18(24)20-15-7-3-4-8-16(15)25-11-9-17(19)23/h3-4,7-8,14H,5-6,9-13H2,1-2H3,(H2,19,23)(H,20,24). The maximum atomic E-state index is 12.5. The summed E-state index contributed by atoms with van der Waals surface area (Å²) in [5.41, 5.74) is 5.95. The number of carbonyl (C=O) groups is 2. The molecular weight excluding hydrogens is 336 g/mol. The third-order valence-electron chi connectivity index (χ3n) is 4.34. The number of primary amides is 1. The van der Waals surface area contributed by atoms with Crippen LogP contribution in [0.15, 0.2) is 29.2 Å². The monoisotopic (exact) mass is 364 g/mol. The lowest BCUT2D eigenvalue weighted by Crippen LogP contribution is -2.41. The fourth-order valence-corrected chi connectivity index (χ4v) is 4.03. The van der Waals surface area contributed by atoms with Gasteiger partial charge >= 0.3 is 6.03 Å². The van der Waals surface area contributed by atoms with Gasteiger partial charge in [-0.05, 0) is 44.5 Å². The number of likely N-dealkylation sites (tertiary alicyclic amines) is 1. The number of nitrogens with two attached hydrogens (primary N) is 1. The summed E-state index contributed by atoms with van der Waals surface area (Å²) < 4.78 is 0. The number of anilines is 1. The number of nitrogens with zero attached hydrogens (tertiary/aromatic N) is 2. The second-order valence-electron chi connectivity index (χ2n) is 6.64. The number of thioether (sulfide) groups is 1. The van der Waals surface area contributed by atoms with Crippen LogP contribution in [-0.2, 0) is 4.79 Å². The van der Waals surface area contributed by atoms with E-state index in [2.05, 4.69) is 17.3 Å². The van der Waals surface area contributed by atoms with Crippen LogP contribution in [0.1, 0.15) is 19.3 Å². The van der Waals surface area contributed by atoms with Crippen LogP contribution in [0.5, 0.6) is 0 Å². The summed E-state index contributed by atoms with van der Waals surface area (Å²) in [6, 6.07) is 7.54. The molecule has 1 aromatic carbocycles. The molecule has 1 aliphatic rings. The molecule has 1 fully saturated rings. The second-order valence-corrected chi connectivity index (χ2v) is 7.78. The maximum Gasteiger partial charge on any atom is 0.321 e. The molecule has 3 N–H and O–H groups in total. The molecule has 1 unspecified atom stereocenters. The van der Waals surface area contributed by atoms with Crippen molar-refractivity contribution in [3.63, 3.8) is 0 Å². The Hall–Kier alpha value is -1.73. The van der Waals surface area contributed by atoms with Crippen molar-refractivity contribution in [1.29, 1.82) is 0 Å². The van der Waals surface area contributed by atoms with E-state index in [0.717, 1.165) is 30.2 Å². The third-order valence-corrected chi connectivity index (χ3v) is 5.41. The quantitative estimate of drug-likeness (QED) is 0.729. The number of piperidine rings is 1. The van der Waals surface area contributed by atoms with Crippen LogP contribution in [0.3, 0.4) is 0 Å². The van der Waals surface area contributed by atoms with Crippen LogP contribution >= 0.6 is 11.8 Å². The number of urea groups is 1. The normalized spacial score (nSPS) is 17.9. The van der Waals surface area contributed by atoms with Gasteiger partial charge in [0, 0.05) is 37.2 Å². The van der Waals surface area contributed by atoms with Gasteiger partial charge in [-0.1, -0.05) is 12.1 Å². The summed E-state index contributed by atoms with van der Waals surface area (Å²) in [6.07, 6.45) is 2.68. The van der Waals surface area contributed by atoms with E-state index in [1.54, 1.807) is 4.90 Å². The van der Waals surface area contributed by atoms with Crippen molar-refractivity contribution in [2.24, 2.45) is 11.7 Å². The van der Waals surface area contributed by atoms with Crippen molar-refractivity contribution in [1.82, 2.24) is 9.80 Å². The number of hydrogen-bond donors (Lipinski definition) is 2. The Labute approximate surface area is 154 Å². The number of para-hydroxylation sites is 1. The van der Waals surface area contributed by atoms with Crippen molar-refractivity contribution in [2.45, 2.75) is 24.2 Å². The van der Waals surface area contributed by atoms with Gasteiger partial charge in [0.15, 0.2) is 0 Å². The molecule has 0 aromatic heterocycles. The summed E-state index contributed by atoms with van der Waals surface area (Å²) in [7, 11) is 3.97. The van der Waals surface area contributed by atoms with Gasteiger partial charge in [-0.15, -0.1) is 11.8 Å². The van der Waals surface area contributed by atoms with Crippen molar-refractivity contribution in [2.75, 3.05) is 44.8 Å². The highest BCUT2D eigenvalue weighted by Crippen LogP contribution is 2.27. The third kappa shape index (κ3) is 6.59. The van der Waals surface area contributed by atoms with Gasteiger partial charge < -0.3 is 20.9 Å². The van der Waals surface area contributed by atoms with Gasteiger partial charge in [-0.3, -0.25) is 4.79 Å². The van der Waals surface area contributed by atoms with Crippen molar-refractivity contribution in [3.8, 4) is 0 Å². The van der Waals surface area contributed by atoms with Gasteiger partial charge in [0.05, 0.1) is 5.69 Å². The fourth-order valence-electron chi connectivity index (χ4n) is 3.06. The summed E-state index contributed by atoms with van der Waals surface area (Å²) in [4.78, 5) is 28.4. The molecule has 25 heavy (non-hydrogen) atoms. The number of rotatable bonds is 7. The van der Waals surface area contributed by atoms with E-state index in [1.807, 2.05) is 31.3 Å². The van der Waals surface area contributed by atoms with Gasteiger partial charge in [-0.2, -0.15) is 0 Å². The highest BCUT2D eigenvalue weighted by Gasteiger charge is 2.21. The predicted molar refractivity (Wildman–Crippen MR) is 103 cm³/mol. The summed E-state index contributed by atoms with van der Waals surface area (Å²) in [5, 5.41) is 2.99. The first-order valence-corrected chi connectivity index (χ1v) is 9.65. The molecule has 0 spiro atoms. The average Bonchev–Trinajstić information content (AvgIpc) is 2.56. The minimum absolute atomic E-state index is 0.101. The first-order valence-electron chi connectivity index (χ1n) is 8.66. The highest BCUT2D eigenvalue weighted by molar-refractivity contribution is 7.99. The lowest BCUT2D eigenvalue weighted by molar-refractivity contribution is -0.117. The van der Waals surface area contributed by atoms with E-state index in [4.69, 9.17) is 5.73 Å². The Morgan fingerprint density at radius 3 is 2.88 bits per heavy atom. The molecule has 1 heterocycles. The Balaban J connectivity index is 1.89. The topological polar surface area (TPSA) is 78.7 Å². The Bertz CT molecular complexity index is 596. The van der Waals surface area contributed by atoms with Gasteiger partial charge in [-0.25, -0.2) is 4.79 Å². The minimum Gasteiger partial charge on any atom is -0.370 e. The van der Waals surface area contributed by atoms with Crippen LogP contribution in [0, 0.1) is 5.92 Å². The zero-order chi connectivity index (χ0) is 18.2. The lowest BCUT2D eigenvalue weighted by Gasteiger charge is -2.32. The Morgan fingerprint density at radius 1 is 1.40 bits per heavy atom. The molecular formula is C18H28N4O2S. The maximum absolute atomic E-state index is 12.5. The van der Waals surface area contributed by atoms with Gasteiger partial charge in [0.2, 0.25) is 5.91 Å². The first kappa shape index (κ1) is 19.6. The Kier molecular flexibility index (Phi) is 7.58. The molecule has 6 nitrogen and oxygen atoms in total. The molecule has 0 saturated carbocycles. The van der Waals surface area contributed by atoms with Crippen molar-refractivity contribution in [3.05, 3.63) is 24.3 Å². The highest BCUT2D eigenvalue weighted by atomic mass is 32.2. The molecule has 1 atom stereocenters. The first-order chi connectivity index (χ1) is 12.0. The SMILES string of the molecule is CN1CCCC(CN(C)C(=O)Nc2ccccc2SCCC(N)=O)C1. The smallest absolute Gasteiger partial charge is 0.321 e. The lowest BCUT2D eigenvalue weighted by atomic mass is 9.98. The second kappa shape index (κ2) is 9.68. The Morgan fingerprint density at radius 2 is 2.16 bits per heavy atom. The minimum atomic E-state index is -0.314. The molecule has 3 amide bonds. The van der Waals surface area contributed by atoms with Gasteiger partial charge in [0.1, 0.15) is 0 Å². The summed E-state index contributed by atoms with van der Waals surface area (Å²) >= 11 is 1.52. The van der Waals surface area contributed by atoms with Crippen molar-refractivity contribution < 1.29 is 9.59 Å². The van der Waals surface area contributed by atoms with Crippen LogP contribution in [0.2, 0.25) is 0 Å². The van der Waals surface area contributed by atoms with E-state index in [9.17, 15) is 9.59 Å². The number of carbonyl (C=O) groups excluding carboxylic acids is 2. The number of amides is 3. The van der Waals surface area contributed by atoms with Crippen LogP contribution in [-0.4, -0.2) is 61.2 Å². The zero-order valence-corrected chi connectivity index (χ0v) is 15.8. The van der Waals surface area contributed by atoms with E-state index < -0.39 is 0 Å². The van der Waals surface area contributed by atoms with Crippen molar-refractivity contribution >= 4 is 29.4 Å². The average molecular weight is 365 g/mol. The molecule has 0 radical (unpaired) electrons. The van der Waals surface area contributed by atoms with Crippen LogP contribution in [0.25, 0.3) is 0 Å². The molecule has 1 aliphatic heterocycles. The van der Waals surface area contributed by atoms with E-state index >= 15 is 0 Å². The fraction of sp³-hybridized carbons (Fsp3) is 0.556. The number of hydrogen-bond acceptors (Lipinski definition) is 4. The van der Waals surface area contributed by atoms with Crippen LogP contribution < -0.4 is 11.1 Å². The molecule has 0 bridgehead atoms. The number of benzene rings is 1. The molecule has 138 valence electrons. The molecule has 7 heteroatoms.